The van der Waals surface area contributed by atoms with Crippen LogP contribution in [0.25, 0.3) is 0 Å². The van der Waals surface area contributed by atoms with Crippen molar-refractivity contribution in [1.82, 2.24) is 4.90 Å². The summed E-state index contributed by atoms with van der Waals surface area (Å²) in [5.74, 6) is 0.277. The maximum absolute atomic E-state index is 11.5. The number of halogens is 1. The molecule has 1 N–H and O–H groups in total. The van der Waals surface area contributed by atoms with Crippen molar-refractivity contribution in [3.05, 3.63) is 31.8 Å². The first-order valence-electron chi connectivity index (χ1n) is 7.82. The van der Waals surface area contributed by atoms with Gasteiger partial charge in [-0.05, 0) is 17.9 Å². The number of hydrogen-bond donors (Lipinski definition) is 1. The average Bonchev–Trinajstić information content (AvgIpc) is 2.49. The second-order valence-corrected chi connectivity index (χ2v) is 7.00. The van der Waals surface area contributed by atoms with Crippen LogP contribution in [-0.2, 0) is 17.8 Å². The van der Waals surface area contributed by atoms with Crippen molar-refractivity contribution in [3.8, 4) is 0 Å². The van der Waals surface area contributed by atoms with Crippen LogP contribution in [0.1, 0.15) is 38.3 Å². The molecule has 1 aromatic carbocycles. The zero-order valence-electron chi connectivity index (χ0n) is 13.7. The van der Waals surface area contributed by atoms with E-state index >= 15 is 0 Å². The molecule has 0 aliphatic carbocycles. The molecule has 0 aromatic heterocycles. The van der Waals surface area contributed by atoms with Crippen LogP contribution in [0.15, 0.2) is 10.5 Å². The lowest BCUT2D eigenvalue weighted by molar-refractivity contribution is -0.384. The summed E-state index contributed by atoms with van der Waals surface area (Å²) >= 11 is 3.45. The normalized spacial score (nSPS) is 15.8. The molecule has 126 valence electrons. The monoisotopic (exact) mass is 383 g/mol. The minimum Gasteiger partial charge on any atom is -0.320 e. The van der Waals surface area contributed by atoms with E-state index in [0.717, 1.165) is 41.5 Å². The summed E-state index contributed by atoms with van der Waals surface area (Å²) in [4.78, 5) is 24.7. The Kier molecular flexibility index (Phi) is 5.75. The number of benzene rings is 1. The predicted molar refractivity (Wildman–Crippen MR) is 93.5 cm³/mol. The highest BCUT2D eigenvalue weighted by molar-refractivity contribution is 9.10. The maximum atomic E-state index is 11.5. The van der Waals surface area contributed by atoms with E-state index in [1.165, 1.54) is 13.0 Å². The molecule has 1 atom stereocenters. The minimum atomic E-state index is -0.441. The zero-order valence-corrected chi connectivity index (χ0v) is 15.3. The molecule has 0 radical (unpaired) electrons. The molecule has 7 heteroatoms. The van der Waals surface area contributed by atoms with Crippen molar-refractivity contribution < 1.29 is 9.72 Å². The molecule has 1 heterocycles. The summed E-state index contributed by atoms with van der Waals surface area (Å²) in [7, 11) is 0. The first kappa shape index (κ1) is 17.9. The molecule has 1 amide bonds. The lowest BCUT2D eigenvalue weighted by Crippen LogP contribution is -2.34. The van der Waals surface area contributed by atoms with E-state index in [9.17, 15) is 14.9 Å². The molecule has 0 spiro atoms. The van der Waals surface area contributed by atoms with E-state index in [0.29, 0.717) is 18.2 Å². The lowest BCUT2D eigenvalue weighted by atomic mass is 9.95. The number of fused-ring (bicyclic) bond motifs is 1. The number of carbonyl (C=O) groups is 1. The molecule has 1 aliphatic heterocycles. The van der Waals surface area contributed by atoms with Gasteiger partial charge in [-0.15, -0.1) is 0 Å². The van der Waals surface area contributed by atoms with Gasteiger partial charge in [0.15, 0.2) is 0 Å². The Hall–Kier alpha value is -1.47. The minimum absolute atomic E-state index is 0.0591. The van der Waals surface area contributed by atoms with Crippen molar-refractivity contribution in [2.24, 2.45) is 5.92 Å². The van der Waals surface area contributed by atoms with Gasteiger partial charge in [-0.2, -0.15) is 0 Å². The van der Waals surface area contributed by atoms with Gasteiger partial charge in [-0.1, -0.05) is 36.2 Å². The molecule has 0 saturated heterocycles. The zero-order chi connectivity index (χ0) is 17.1. The van der Waals surface area contributed by atoms with E-state index in [1.807, 2.05) is 0 Å². The summed E-state index contributed by atoms with van der Waals surface area (Å²) in [5.41, 5.74) is 2.20. The highest BCUT2D eigenvalue weighted by atomic mass is 79.9. The third kappa shape index (κ3) is 4.09. The first-order chi connectivity index (χ1) is 10.8. The Morgan fingerprint density at radius 2 is 2.22 bits per heavy atom. The van der Waals surface area contributed by atoms with Crippen LogP contribution in [-0.4, -0.2) is 28.8 Å². The van der Waals surface area contributed by atoms with Crippen LogP contribution in [0, 0.1) is 16.0 Å². The largest absolute Gasteiger partial charge is 0.320 e. The Bertz CT molecular complexity index is 633. The van der Waals surface area contributed by atoms with Gasteiger partial charge >= 0.3 is 0 Å². The third-order valence-electron chi connectivity index (χ3n) is 4.30. The molecule has 1 unspecified atom stereocenters. The number of hydrogen-bond acceptors (Lipinski definition) is 4. The van der Waals surface area contributed by atoms with Gasteiger partial charge in [0.1, 0.15) is 5.69 Å². The summed E-state index contributed by atoms with van der Waals surface area (Å²) < 4.78 is 0.747. The average molecular weight is 384 g/mol. The maximum Gasteiger partial charge on any atom is 0.294 e. The second kappa shape index (κ2) is 7.40. The Morgan fingerprint density at radius 3 is 2.78 bits per heavy atom. The van der Waals surface area contributed by atoms with E-state index in [1.54, 1.807) is 0 Å². The van der Waals surface area contributed by atoms with Crippen molar-refractivity contribution in [1.29, 1.82) is 0 Å². The molecule has 2 rings (SSSR count). The molecule has 23 heavy (non-hydrogen) atoms. The highest BCUT2D eigenvalue weighted by Crippen LogP contribution is 2.39. The number of anilines is 1. The quantitative estimate of drug-likeness (QED) is 0.620. The molecular formula is C16H22BrN3O3. The van der Waals surface area contributed by atoms with E-state index in [2.05, 4.69) is 40.0 Å². The highest BCUT2D eigenvalue weighted by Gasteiger charge is 2.28. The van der Waals surface area contributed by atoms with Gasteiger partial charge in [0.05, 0.1) is 4.92 Å². The van der Waals surface area contributed by atoms with Gasteiger partial charge < -0.3 is 5.32 Å². The number of nitrogens with zero attached hydrogens (tertiary/aromatic N) is 2. The van der Waals surface area contributed by atoms with E-state index in [-0.39, 0.29) is 11.6 Å². The standard InChI is InChI=1S/C16H22BrN3O3/c1-4-10(2)8-19-6-5-12-13(9-19)16(18-11(3)21)15(20(22)23)7-14(12)17/h7,10H,4-6,8-9H2,1-3H3,(H,18,21). The number of amides is 1. The van der Waals surface area contributed by atoms with Crippen molar-refractivity contribution in [2.45, 2.75) is 40.2 Å². The fraction of sp³-hybridized carbons (Fsp3) is 0.562. The number of nitro benzene ring substituents is 1. The molecule has 0 bridgehead atoms. The van der Waals surface area contributed by atoms with Crippen LogP contribution in [0.2, 0.25) is 0 Å². The Morgan fingerprint density at radius 1 is 1.52 bits per heavy atom. The fourth-order valence-electron chi connectivity index (χ4n) is 2.93. The van der Waals surface area contributed by atoms with E-state index < -0.39 is 4.92 Å². The third-order valence-corrected chi connectivity index (χ3v) is 5.01. The first-order valence-corrected chi connectivity index (χ1v) is 8.61. The Balaban J connectivity index is 2.45. The van der Waals surface area contributed by atoms with Crippen LogP contribution in [0.4, 0.5) is 11.4 Å². The van der Waals surface area contributed by atoms with Gasteiger partial charge in [0.2, 0.25) is 5.91 Å². The molecule has 0 saturated carbocycles. The topological polar surface area (TPSA) is 75.5 Å². The smallest absolute Gasteiger partial charge is 0.294 e. The molecular weight excluding hydrogens is 362 g/mol. The second-order valence-electron chi connectivity index (χ2n) is 6.15. The molecule has 0 fully saturated rings. The number of rotatable bonds is 5. The number of carbonyl (C=O) groups excluding carboxylic acids is 1. The SMILES string of the molecule is CCC(C)CN1CCc2c(Br)cc([N+](=O)[O-])c(NC(C)=O)c2C1. The van der Waals surface area contributed by atoms with E-state index in [4.69, 9.17) is 0 Å². The lowest BCUT2D eigenvalue weighted by Gasteiger charge is -2.32. The van der Waals surface area contributed by atoms with Gasteiger partial charge in [-0.25, -0.2) is 0 Å². The number of nitrogens with one attached hydrogen (secondary N) is 1. The summed E-state index contributed by atoms with van der Waals surface area (Å²) in [6.07, 6.45) is 1.91. The van der Waals surface area contributed by atoms with Crippen LogP contribution in [0.5, 0.6) is 0 Å². The predicted octanol–water partition coefficient (Wildman–Crippen LogP) is 3.72. The van der Waals surface area contributed by atoms with Gasteiger partial charge in [-0.3, -0.25) is 19.8 Å². The van der Waals surface area contributed by atoms with Crippen LogP contribution < -0.4 is 5.32 Å². The summed E-state index contributed by atoms with van der Waals surface area (Å²) in [6.45, 7) is 8.23. The number of nitro groups is 1. The fourth-order valence-corrected chi connectivity index (χ4v) is 3.59. The summed E-state index contributed by atoms with van der Waals surface area (Å²) in [5, 5.41) is 14.0. The Labute approximate surface area is 144 Å². The molecule has 6 nitrogen and oxygen atoms in total. The molecule has 1 aliphatic rings. The van der Waals surface area contributed by atoms with Gasteiger partial charge in [0, 0.05) is 42.7 Å². The van der Waals surface area contributed by atoms with Crippen LogP contribution >= 0.6 is 15.9 Å². The van der Waals surface area contributed by atoms with Crippen molar-refractivity contribution in [3.63, 3.8) is 0 Å². The van der Waals surface area contributed by atoms with Crippen molar-refractivity contribution in [2.75, 3.05) is 18.4 Å². The molecule has 1 aromatic rings. The van der Waals surface area contributed by atoms with Crippen LogP contribution in [0.3, 0.4) is 0 Å². The van der Waals surface area contributed by atoms with Gasteiger partial charge in [0.25, 0.3) is 5.69 Å². The summed E-state index contributed by atoms with van der Waals surface area (Å²) in [6, 6.07) is 1.49. The van der Waals surface area contributed by atoms with Crippen molar-refractivity contribution >= 4 is 33.2 Å².